The highest BCUT2D eigenvalue weighted by atomic mass is 32.2. The molecule has 0 heterocycles. The molecule has 0 atom stereocenters. The third kappa shape index (κ3) is 10.2. The van der Waals surface area contributed by atoms with Crippen LogP contribution >= 0.6 is 0 Å². The Hall–Kier alpha value is -1.07. The summed E-state index contributed by atoms with van der Waals surface area (Å²) in [5, 5.41) is 0. The van der Waals surface area contributed by atoms with Crippen LogP contribution in [0.4, 0.5) is 5.69 Å². The Kier molecular flexibility index (Phi) is 12.4. The van der Waals surface area contributed by atoms with E-state index in [2.05, 4.69) is 13.8 Å². The zero-order chi connectivity index (χ0) is 20.0. The molecule has 1 aromatic rings. The maximum atomic E-state index is 12.0. The molecule has 1 aromatic carbocycles. The largest absolute Gasteiger partial charge is 0.359 e. The van der Waals surface area contributed by atoms with Gasteiger partial charge < -0.3 is 0 Å². The summed E-state index contributed by atoms with van der Waals surface area (Å²) in [7, 11) is -4.25. The first-order chi connectivity index (χ1) is 13.0. The van der Waals surface area contributed by atoms with E-state index in [1.807, 2.05) is 24.3 Å². The van der Waals surface area contributed by atoms with Gasteiger partial charge in [0.1, 0.15) is 0 Å². The molecule has 0 unspecified atom stereocenters. The molecule has 0 amide bonds. The van der Waals surface area contributed by atoms with Crippen LogP contribution in [0, 0.1) is 0 Å². The Bertz CT molecular complexity index is 601. The van der Waals surface area contributed by atoms with Gasteiger partial charge in [-0.25, -0.2) is 4.31 Å². The van der Waals surface area contributed by atoms with E-state index in [1.165, 1.54) is 49.3 Å². The minimum absolute atomic E-state index is 0.346. The van der Waals surface area contributed by atoms with Crippen LogP contribution in [-0.2, 0) is 16.7 Å². The molecule has 0 radical (unpaired) electrons. The first-order valence-electron chi connectivity index (χ1n) is 10.8. The highest BCUT2D eigenvalue weighted by molar-refractivity contribution is 7.87. The molecule has 1 rings (SSSR count). The molecule has 0 bridgehead atoms. The first kappa shape index (κ1) is 24.0. The van der Waals surface area contributed by atoms with Gasteiger partial charge in [-0.05, 0) is 30.9 Å². The lowest BCUT2D eigenvalue weighted by molar-refractivity contribution is 0.475. The Morgan fingerprint density at radius 2 is 1.30 bits per heavy atom. The zero-order valence-electron chi connectivity index (χ0n) is 17.3. The van der Waals surface area contributed by atoms with Crippen LogP contribution < -0.4 is 4.31 Å². The van der Waals surface area contributed by atoms with Gasteiger partial charge in [-0.2, -0.15) is 8.42 Å². The number of rotatable bonds is 16. The second-order valence-electron chi connectivity index (χ2n) is 7.46. The number of hydrogen-bond donors (Lipinski definition) is 1. The smallest absolute Gasteiger partial charge is 0.269 e. The van der Waals surface area contributed by atoms with Gasteiger partial charge in [0, 0.05) is 6.54 Å². The standard InChI is InChI=1S/C22H39NO3S/c1-3-5-7-9-11-13-17-21-18-14-15-19-22(21)23(27(24,25)26)20-16-12-10-8-6-4-2/h14-15,18-19H,3-13,16-17,20H2,1-2H3,(H,24,25,26). The van der Waals surface area contributed by atoms with Crippen LogP contribution in [0.1, 0.15) is 96.5 Å². The van der Waals surface area contributed by atoms with Gasteiger partial charge in [0.05, 0.1) is 5.69 Å². The number of benzene rings is 1. The fourth-order valence-electron chi connectivity index (χ4n) is 3.46. The van der Waals surface area contributed by atoms with Crippen LogP contribution in [0.25, 0.3) is 0 Å². The van der Waals surface area contributed by atoms with Crippen molar-refractivity contribution in [2.75, 3.05) is 10.8 Å². The number of unbranched alkanes of at least 4 members (excludes halogenated alkanes) is 10. The highest BCUT2D eigenvalue weighted by Gasteiger charge is 2.21. The maximum Gasteiger partial charge on any atom is 0.359 e. The second-order valence-corrected chi connectivity index (χ2v) is 8.80. The first-order valence-corrected chi connectivity index (χ1v) is 12.2. The summed E-state index contributed by atoms with van der Waals surface area (Å²) in [6, 6.07) is 7.60. The van der Waals surface area contributed by atoms with Gasteiger partial charge in [0.15, 0.2) is 0 Å². The molecule has 0 saturated carbocycles. The SMILES string of the molecule is CCCCCCCCc1ccccc1N(CCCCCCCC)S(=O)(=O)O. The van der Waals surface area contributed by atoms with Crippen LogP contribution in [0.2, 0.25) is 0 Å². The molecule has 0 aromatic heterocycles. The van der Waals surface area contributed by atoms with Gasteiger partial charge in [0.25, 0.3) is 0 Å². The molecule has 0 aliphatic carbocycles. The van der Waals surface area contributed by atoms with E-state index < -0.39 is 10.3 Å². The monoisotopic (exact) mass is 397 g/mol. The molecule has 27 heavy (non-hydrogen) atoms. The van der Waals surface area contributed by atoms with Gasteiger partial charge in [0.2, 0.25) is 0 Å². The van der Waals surface area contributed by atoms with E-state index >= 15 is 0 Å². The van der Waals surface area contributed by atoms with E-state index in [4.69, 9.17) is 0 Å². The molecule has 0 aliphatic rings. The molecular formula is C22H39NO3S. The van der Waals surface area contributed by atoms with Crippen LogP contribution in [0.3, 0.4) is 0 Å². The van der Waals surface area contributed by atoms with Crippen LogP contribution in [0.5, 0.6) is 0 Å². The lowest BCUT2D eigenvalue weighted by Gasteiger charge is -2.23. The van der Waals surface area contributed by atoms with Gasteiger partial charge in [-0.1, -0.05) is 96.3 Å². The average molecular weight is 398 g/mol. The van der Waals surface area contributed by atoms with Crippen molar-refractivity contribution >= 4 is 16.0 Å². The predicted octanol–water partition coefficient (Wildman–Crippen LogP) is 6.56. The van der Waals surface area contributed by atoms with Crippen molar-refractivity contribution in [3.8, 4) is 0 Å². The Labute approximate surface area is 167 Å². The molecule has 0 saturated heterocycles. The summed E-state index contributed by atoms with van der Waals surface area (Å²) in [6.45, 7) is 4.74. The molecule has 0 spiro atoms. The predicted molar refractivity (Wildman–Crippen MR) is 116 cm³/mol. The number of aryl methyl sites for hydroxylation is 1. The van der Waals surface area contributed by atoms with E-state index in [9.17, 15) is 13.0 Å². The van der Waals surface area contributed by atoms with Crippen molar-refractivity contribution < 1.29 is 13.0 Å². The Morgan fingerprint density at radius 1 is 0.778 bits per heavy atom. The van der Waals surface area contributed by atoms with E-state index in [-0.39, 0.29) is 0 Å². The minimum Gasteiger partial charge on any atom is -0.269 e. The highest BCUT2D eigenvalue weighted by Crippen LogP contribution is 2.25. The van der Waals surface area contributed by atoms with Crippen molar-refractivity contribution in [2.45, 2.75) is 97.3 Å². The fourth-order valence-corrected chi connectivity index (χ4v) is 4.24. The summed E-state index contributed by atoms with van der Waals surface area (Å²) in [6.07, 6.45) is 14.6. The summed E-state index contributed by atoms with van der Waals surface area (Å²) < 4.78 is 34.9. The van der Waals surface area contributed by atoms with Crippen molar-refractivity contribution in [3.63, 3.8) is 0 Å². The third-order valence-electron chi connectivity index (χ3n) is 5.05. The third-order valence-corrected chi connectivity index (χ3v) is 5.99. The lowest BCUT2D eigenvalue weighted by Crippen LogP contribution is -2.32. The lowest BCUT2D eigenvalue weighted by atomic mass is 10.0. The topological polar surface area (TPSA) is 57.6 Å². The van der Waals surface area contributed by atoms with Crippen LogP contribution in [-0.4, -0.2) is 19.5 Å². The molecule has 4 nitrogen and oxygen atoms in total. The fraction of sp³-hybridized carbons (Fsp3) is 0.727. The molecule has 156 valence electrons. The van der Waals surface area contributed by atoms with Crippen LogP contribution in [0.15, 0.2) is 24.3 Å². The van der Waals surface area contributed by atoms with Crippen molar-refractivity contribution in [3.05, 3.63) is 29.8 Å². The number of hydrogen-bond acceptors (Lipinski definition) is 2. The van der Waals surface area contributed by atoms with Gasteiger partial charge in [-0.15, -0.1) is 0 Å². The van der Waals surface area contributed by atoms with E-state index in [1.54, 1.807) is 0 Å². The molecule has 0 aliphatic heterocycles. The molecule has 1 N–H and O–H groups in total. The number of anilines is 1. The van der Waals surface area contributed by atoms with Crippen molar-refractivity contribution in [1.29, 1.82) is 0 Å². The maximum absolute atomic E-state index is 12.0. The summed E-state index contributed by atoms with van der Waals surface area (Å²) in [4.78, 5) is 0. The van der Waals surface area contributed by atoms with Gasteiger partial charge in [-0.3, -0.25) is 4.55 Å². The summed E-state index contributed by atoms with van der Waals surface area (Å²) >= 11 is 0. The normalized spacial score (nSPS) is 11.7. The second kappa shape index (κ2) is 14.0. The quantitative estimate of drug-likeness (QED) is 0.254. The molecular weight excluding hydrogens is 358 g/mol. The molecule has 0 fully saturated rings. The Morgan fingerprint density at radius 3 is 1.89 bits per heavy atom. The summed E-state index contributed by atoms with van der Waals surface area (Å²) in [5.41, 5.74) is 1.65. The number of nitrogens with zero attached hydrogens (tertiary/aromatic N) is 1. The average Bonchev–Trinajstić information content (AvgIpc) is 2.63. The van der Waals surface area contributed by atoms with E-state index in [0.29, 0.717) is 12.2 Å². The molecule has 5 heteroatoms. The van der Waals surface area contributed by atoms with Crippen molar-refractivity contribution in [1.82, 2.24) is 0 Å². The zero-order valence-corrected chi connectivity index (χ0v) is 18.1. The minimum atomic E-state index is -4.25. The number of para-hydroxylation sites is 1. The van der Waals surface area contributed by atoms with E-state index in [0.717, 1.165) is 44.1 Å². The van der Waals surface area contributed by atoms with Gasteiger partial charge >= 0.3 is 10.3 Å². The Balaban J connectivity index is 2.64. The van der Waals surface area contributed by atoms with Crippen molar-refractivity contribution in [2.24, 2.45) is 0 Å². The summed E-state index contributed by atoms with van der Waals surface area (Å²) in [5.74, 6) is 0.